The van der Waals surface area contributed by atoms with Crippen molar-refractivity contribution in [1.29, 1.82) is 0 Å². The van der Waals surface area contributed by atoms with Gasteiger partial charge in [-0.25, -0.2) is 18.7 Å². The summed E-state index contributed by atoms with van der Waals surface area (Å²) in [5, 5.41) is 6.90. The van der Waals surface area contributed by atoms with Crippen LogP contribution in [0.1, 0.15) is 27.2 Å². The summed E-state index contributed by atoms with van der Waals surface area (Å²) in [4.78, 5) is 12.0. The topological polar surface area (TPSA) is 87.0 Å². The molecule has 0 radical (unpaired) electrons. The van der Waals surface area contributed by atoms with Crippen molar-refractivity contribution >= 4 is 17.3 Å². The second-order valence-electron chi connectivity index (χ2n) is 7.51. The highest BCUT2D eigenvalue weighted by Gasteiger charge is 2.25. The van der Waals surface area contributed by atoms with E-state index in [1.807, 2.05) is 20.8 Å². The van der Waals surface area contributed by atoms with E-state index in [9.17, 15) is 0 Å². The number of methoxy groups -OCH3 is 1. The van der Waals surface area contributed by atoms with Gasteiger partial charge < -0.3 is 14.8 Å². The Balaban J connectivity index is 2.04. The van der Waals surface area contributed by atoms with Crippen LogP contribution in [0.4, 0.5) is 14.5 Å². The van der Waals surface area contributed by atoms with Crippen LogP contribution in [-0.4, -0.2) is 51.1 Å². The fourth-order valence-electron chi connectivity index (χ4n) is 2.81. The molecule has 0 fully saturated rings. The Bertz CT molecular complexity index is 1050. The van der Waals surface area contributed by atoms with E-state index < -0.39 is 11.6 Å². The summed E-state index contributed by atoms with van der Waals surface area (Å²) in [6.07, 6.45) is 4.52. The van der Waals surface area contributed by atoms with Gasteiger partial charge in [-0.1, -0.05) is 25.4 Å². The number of hydrogen-bond donors (Lipinski definition) is 1. The zero-order chi connectivity index (χ0) is 23.3. The Hall–Kier alpha value is -2.85. The summed E-state index contributed by atoms with van der Waals surface area (Å²) in [6, 6.07) is 1.04. The lowest BCUT2D eigenvalue weighted by atomic mass is 10.0. The van der Waals surface area contributed by atoms with Crippen LogP contribution in [0.3, 0.4) is 0 Å². The molecule has 172 valence electrons. The van der Waals surface area contributed by atoms with Gasteiger partial charge in [0.25, 0.3) is 5.95 Å². The Labute approximate surface area is 190 Å². The molecule has 0 spiro atoms. The Kier molecular flexibility index (Phi) is 7.92. The molecule has 0 bridgehead atoms. The lowest BCUT2D eigenvalue weighted by molar-refractivity contribution is 0.172. The van der Waals surface area contributed by atoms with E-state index in [1.54, 1.807) is 7.11 Å². The van der Waals surface area contributed by atoms with E-state index in [-0.39, 0.29) is 52.2 Å². The van der Waals surface area contributed by atoms with Crippen LogP contribution in [-0.2, 0) is 4.74 Å². The number of aromatic nitrogens is 5. The lowest BCUT2D eigenvalue weighted by Crippen LogP contribution is -2.23. The van der Waals surface area contributed by atoms with Gasteiger partial charge in [0.15, 0.2) is 5.82 Å². The van der Waals surface area contributed by atoms with Crippen molar-refractivity contribution < 1.29 is 18.3 Å². The van der Waals surface area contributed by atoms with Gasteiger partial charge in [-0.3, -0.25) is 0 Å². The number of anilines is 1. The summed E-state index contributed by atoms with van der Waals surface area (Å²) < 4.78 is 42.7. The van der Waals surface area contributed by atoms with E-state index in [1.165, 1.54) is 23.5 Å². The lowest BCUT2D eigenvalue weighted by Gasteiger charge is -2.23. The average molecular weight is 467 g/mol. The van der Waals surface area contributed by atoms with Gasteiger partial charge in [0.1, 0.15) is 35.1 Å². The maximum absolute atomic E-state index is 15.7. The first-order chi connectivity index (χ1) is 15.3. The standard InChI is InChI=1S/C21H25ClF2N6O2/c1-12(2)13(3)28-19-16(32-7-5-6-31-4)8-15(23)17(18(19)24)14-9-26-21(29-20(14)22)30-11-25-10-27-30/h8-13,28H,5-7H2,1-4H3. The molecule has 0 amide bonds. The number of nitrogens with one attached hydrogen (secondary N) is 1. The van der Waals surface area contributed by atoms with E-state index in [2.05, 4.69) is 25.4 Å². The smallest absolute Gasteiger partial charge is 0.253 e. The van der Waals surface area contributed by atoms with Crippen LogP contribution in [0.15, 0.2) is 24.9 Å². The van der Waals surface area contributed by atoms with Gasteiger partial charge in [-0.2, -0.15) is 14.8 Å². The minimum atomic E-state index is -0.842. The molecule has 1 aromatic carbocycles. The van der Waals surface area contributed by atoms with Crippen molar-refractivity contribution in [1.82, 2.24) is 24.7 Å². The molecule has 1 unspecified atom stereocenters. The fraction of sp³-hybridized carbons (Fsp3) is 0.429. The van der Waals surface area contributed by atoms with Gasteiger partial charge in [0.2, 0.25) is 0 Å². The molecule has 0 aliphatic rings. The third-order valence-electron chi connectivity index (χ3n) is 4.93. The highest BCUT2D eigenvalue weighted by molar-refractivity contribution is 6.32. The van der Waals surface area contributed by atoms with Crippen molar-refractivity contribution in [2.45, 2.75) is 33.2 Å². The number of hydrogen-bond acceptors (Lipinski definition) is 7. The first-order valence-electron chi connectivity index (χ1n) is 10.1. The summed E-state index contributed by atoms with van der Waals surface area (Å²) in [5.41, 5.74) is -0.281. The molecule has 8 nitrogen and oxygen atoms in total. The highest BCUT2D eigenvalue weighted by atomic mass is 35.5. The fourth-order valence-corrected chi connectivity index (χ4v) is 3.03. The Morgan fingerprint density at radius 3 is 2.62 bits per heavy atom. The van der Waals surface area contributed by atoms with Crippen LogP contribution in [0.5, 0.6) is 5.75 Å². The summed E-state index contributed by atoms with van der Waals surface area (Å²) in [6.45, 7) is 6.61. The van der Waals surface area contributed by atoms with Gasteiger partial charge in [-0.15, -0.1) is 0 Å². The number of halogens is 3. The van der Waals surface area contributed by atoms with Crippen molar-refractivity contribution in [3.63, 3.8) is 0 Å². The normalized spacial score (nSPS) is 12.2. The molecule has 11 heteroatoms. The maximum atomic E-state index is 15.7. The van der Waals surface area contributed by atoms with Crippen LogP contribution in [0.25, 0.3) is 17.1 Å². The third kappa shape index (κ3) is 5.31. The number of rotatable bonds is 10. The van der Waals surface area contributed by atoms with Crippen LogP contribution >= 0.6 is 11.6 Å². The molecular formula is C21H25ClF2N6O2. The average Bonchev–Trinajstić information content (AvgIpc) is 3.29. The maximum Gasteiger partial charge on any atom is 0.253 e. The first kappa shape index (κ1) is 23.8. The summed E-state index contributed by atoms with van der Waals surface area (Å²) in [7, 11) is 1.57. The largest absolute Gasteiger partial charge is 0.491 e. The van der Waals surface area contributed by atoms with Crippen molar-refractivity contribution in [2.24, 2.45) is 5.92 Å². The second-order valence-corrected chi connectivity index (χ2v) is 7.86. The minimum Gasteiger partial charge on any atom is -0.491 e. The van der Waals surface area contributed by atoms with Crippen molar-refractivity contribution in [3.8, 4) is 22.8 Å². The molecule has 0 saturated heterocycles. The minimum absolute atomic E-state index is 0.0108. The number of nitrogens with zero attached hydrogens (tertiary/aromatic N) is 5. The summed E-state index contributed by atoms with van der Waals surface area (Å²) in [5.74, 6) is -1.28. The van der Waals surface area contributed by atoms with Crippen LogP contribution < -0.4 is 10.1 Å². The zero-order valence-electron chi connectivity index (χ0n) is 18.3. The first-order valence-corrected chi connectivity index (χ1v) is 10.5. The monoisotopic (exact) mass is 466 g/mol. The van der Waals surface area contributed by atoms with Gasteiger partial charge in [0.05, 0.1) is 12.2 Å². The predicted molar refractivity (Wildman–Crippen MR) is 117 cm³/mol. The van der Waals surface area contributed by atoms with E-state index in [4.69, 9.17) is 21.1 Å². The molecule has 2 aromatic heterocycles. The molecule has 32 heavy (non-hydrogen) atoms. The summed E-state index contributed by atoms with van der Waals surface area (Å²) >= 11 is 6.28. The number of ether oxygens (including phenoxy) is 2. The molecule has 0 aliphatic carbocycles. The van der Waals surface area contributed by atoms with Crippen molar-refractivity contribution in [2.75, 3.05) is 25.6 Å². The second kappa shape index (κ2) is 10.6. The molecule has 3 rings (SSSR count). The van der Waals surface area contributed by atoms with Crippen molar-refractivity contribution in [3.05, 3.63) is 41.7 Å². The molecule has 3 aromatic rings. The van der Waals surface area contributed by atoms with Gasteiger partial charge in [-0.05, 0) is 12.8 Å². The van der Waals surface area contributed by atoms with Gasteiger partial charge in [0, 0.05) is 44.0 Å². The molecule has 1 N–H and O–H groups in total. The van der Waals surface area contributed by atoms with E-state index >= 15 is 8.78 Å². The zero-order valence-corrected chi connectivity index (χ0v) is 19.0. The highest BCUT2D eigenvalue weighted by Crippen LogP contribution is 2.40. The molecule has 0 aliphatic heterocycles. The predicted octanol–water partition coefficient (Wildman–Crippen LogP) is 4.53. The van der Waals surface area contributed by atoms with Gasteiger partial charge >= 0.3 is 0 Å². The van der Waals surface area contributed by atoms with Crippen LogP contribution in [0.2, 0.25) is 5.15 Å². The van der Waals surface area contributed by atoms with Crippen LogP contribution in [0, 0.1) is 17.6 Å². The molecule has 1 atom stereocenters. The molecular weight excluding hydrogens is 442 g/mol. The Morgan fingerprint density at radius 2 is 2.00 bits per heavy atom. The number of benzene rings is 1. The van der Waals surface area contributed by atoms with E-state index in [0.717, 1.165) is 6.07 Å². The SMILES string of the molecule is COCCCOc1cc(F)c(-c2cnc(-n3cncn3)nc2Cl)c(F)c1NC(C)C(C)C. The Morgan fingerprint density at radius 1 is 1.22 bits per heavy atom. The molecule has 0 saturated carbocycles. The quantitative estimate of drug-likeness (QED) is 0.347. The third-order valence-corrected chi connectivity index (χ3v) is 5.22. The molecule has 2 heterocycles. The van der Waals surface area contributed by atoms with E-state index in [0.29, 0.717) is 13.0 Å².